The van der Waals surface area contributed by atoms with Gasteiger partial charge in [0.25, 0.3) is 0 Å². The Morgan fingerprint density at radius 2 is 1.90 bits per heavy atom. The molecule has 0 aliphatic rings. The minimum Gasteiger partial charge on any atom is -0.455 e. The number of hydrogen-bond acceptors (Lipinski definition) is 4. The lowest BCUT2D eigenvalue weighted by Gasteiger charge is -2.12. The van der Waals surface area contributed by atoms with E-state index in [2.05, 4.69) is 11.1 Å². The summed E-state index contributed by atoms with van der Waals surface area (Å²) in [4.78, 5) is 4.14. The highest BCUT2D eigenvalue weighted by Gasteiger charge is 2.09. The third-order valence-corrected chi connectivity index (χ3v) is 3.00. The van der Waals surface area contributed by atoms with Crippen molar-refractivity contribution < 1.29 is 9.84 Å². The third-order valence-electron chi connectivity index (χ3n) is 3.00. The van der Waals surface area contributed by atoms with Crippen molar-refractivity contribution in [3.05, 3.63) is 52.8 Å². The molecule has 0 saturated heterocycles. The van der Waals surface area contributed by atoms with Crippen molar-refractivity contribution in [1.29, 1.82) is 5.26 Å². The van der Waals surface area contributed by atoms with E-state index in [1.54, 1.807) is 37.4 Å². The number of aliphatic hydroxyl groups is 1. The van der Waals surface area contributed by atoms with Crippen LogP contribution >= 0.6 is 0 Å². The van der Waals surface area contributed by atoms with E-state index >= 15 is 0 Å². The molecule has 102 valence electrons. The highest BCUT2D eigenvalue weighted by Crippen LogP contribution is 2.29. The summed E-state index contributed by atoms with van der Waals surface area (Å²) >= 11 is 0. The zero-order chi connectivity index (χ0) is 14.7. The van der Waals surface area contributed by atoms with Gasteiger partial charge in [0.1, 0.15) is 11.5 Å². The molecule has 0 saturated carbocycles. The van der Waals surface area contributed by atoms with Gasteiger partial charge in [-0.15, -0.1) is 0 Å². The summed E-state index contributed by atoms with van der Waals surface area (Å²) in [6.45, 7) is 5.47. The molecule has 1 aromatic heterocycles. The van der Waals surface area contributed by atoms with E-state index in [0.717, 1.165) is 16.9 Å². The fraction of sp³-hybridized carbons (Fsp3) is 0.250. The van der Waals surface area contributed by atoms with Crippen molar-refractivity contribution in [2.75, 3.05) is 0 Å². The maximum Gasteiger partial charge on any atom is 0.145 e. The second kappa shape index (κ2) is 5.72. The number of nitrogens with zero attached hydrogens (tertiary/aromatic N) is 2. The Kier molecular flexibility index (Phi) is 4.02. The smallest absolute Gasteiger partial charge is 0.145 e. The van der Waals surface area contributed by atoms with E-state index in [1.165, 1.54) is 0 Å². The fourth-order valence-electron chi connectivity index (χ4n) is 1.99. The fourth-order valence-corrected chi connectivity index (χ4v) is 1.99. The van der Waals surface area contributed by atoms with Gasteiger partial charge in [0.15, 0.2) is 0 Å². The van der Waals surface area contributed by atoms with Gasteiger partial charge in [-0.2, -0.15) is 5.26 Å². The molecule has 1 N–H and O–H groups in total. The number of nitriles is 1. The normalized spacial score (nSPS) is 11.8. The van der Waals surface area contributed by atoms with Crippen LogP contribution in [0.2, 0.25) is 0 Å². The van der Waals surface area contributed by atoms with Crippen LogP contribution in [0.1, 0.15) is 35.4 Å². The van der Waals surface area contributed by atoms with Crippen molar-refractivity contribution in [2.24, 2.45) is 0 Å². The van der Waals surface area contributed by atoms with Gasteiger partial charge < -0.3 is 9.84 Å². The lowest BCUT2D eigenvalue weighted by Crippen LogP contribution is -1.97. The number of hydrogen-bond donors (Lipinski definition) is 1. The highest BCUT2D eigenvalue weighted by atomic mass is 16.5. The summed E-state index contributed by atoms with van der Waals surface area (Å²) in [5.41, 5.74) is 3.03. The molecule has 0 aliphatic carbocycles. The first-order valence-electron chi connectivity index (χ1n) is 6.34. The predicted octanol–water partition coefficient (Wildman–Crippen LogP) is 3.42. The van der Waals surface area contributed by atoms with Crippen LogP contribution < -0.4 is 4.74 Å². The average molecular weight is 268 g/mol. The first-order valence-corrected chi connectivity index (χ1v) is 6.34. The average Bonchev–Trinajstić information content (AvgIpc) is 2.43. The van der Waals surface area contributed by atoms with Crippen LogP contribution in [0.5, 0.6) is 11.5 Å². The van der Waals surface area contributed by atoms with Crippen LogP contribution in [0, 0.1) is 25.2 Å². The molecule has 1 aromatic carbocycles. The molecule has 0 amide bonds. The van der Waals surface area contributed by atoms with Gasteiger partial charge >= 0.3 is 0 Å². The van der Waals surface area contributed by atoms with Gasteiger partial charge in [-0.25, -0.2) is 0 Å². The first kappa shape index (κ1) is 14.0. The van der Waals surface area contributed by atoms with Crippen molar-refractivity contribution in [2.45, 2.75) is 26.9 Å². The molecule has 0 radical (unpaired) electrons. The van der Waals surface area contributed by atoms with Crippen LogP contribution in [-0.4, -0.2) is 10.1 Å². The Balaban J connectivity index is 2.28. The van der Waals surface area contributed by atoms with Crippen LogP contribution in [0.15, 0.2) is 30.5 Å². The molecule has 20 heavy (non-hydrogen) atoms. The van der Waals surface area contributed by atoms with Crippen molar-refractivity contribution in [3.8, 4) is 17.6 Å². The van der Waals surface area contributed by atoms with Gasteiger partial charge in [0.05, 0.1) is 29.6 Å². The third kappa shape index (κ3) is 2.95. The van der Waals surface area contributed by atoms with Crippen LogP contribution in [0.3, 0.4) is 0 Å². The van der Waals surface area contributed by atoms with E-state index < -0.39 is 6.10 Å². The molecule has 0 fully saturated rings. The molecule has 4 heteroatoms. The van der Waals surface area contributed by atoms with Gasteiger partial charge in [0.2, 0.25) is 0 Å². The van der Waals surface area contributed by atoms with Gasteiger partial charge in [-0.1, -0.05) is 0 Å². The number of benzene rings is 1. The number of aromatic nitrogens is 1. The monoisotopic (exact) mass is 268 g/mol. The maximum absolute atomic E-state index is 9.42. The summed E-state index contributed by atoms with van der Waals surface area (Å²) in [7, 11) is 0. The number of aryl methyl sites for hydroxylation is 2. The topological polar surface area (TPSA) is 66.1 Å². The van der Waals surface area contributed by atoms with Crippen molar-refractivity contribution >= 4 is 0 Å². The summed E-state index contributed by atoms with van der Waals surface area (Å²) in [6.07, 6.45) is 0.988. The van der Waals surface area contributed by atoms with E-state index in [0.29, 0.717) is 17.0 Å². The lowest BCUT2D eigenvalue weighted by molar-refractivity contribution is 0.194. The number of pyridine rings is 1. The molecule has 2 rings (SSSR count). The van der Waals surface area contributed by atoms with Gasteiger partial charge in [-0.05, 0) is 56.2 Å². The summed E-state index contributed by atoms with van der Waals surface area (Å²) in [6, 6.07) is 9.21. The van der Waals surface area contributed by atoms with Gasteiger partial charge in [0, 0.05) is 0 Å². The Morgan fingerprint density at radius 3 is 2.35 bits per heavy atom. The van der Waals surface area contributed by atoms with E-state index in [-0.39, 0.29) is 0 Å². The minimum atomic E-state index is -0.595. The Hall–Kier alpha value is -2.38. The predicted molar refractivity (Wildman–Crippen MR) is 75.6 cm³/mol. The largest absolute Gasteiger partial charge is 0.455 e. The van der Waals surface area contributed by atoms with Crippen molar-refractivity contribution in [3.63, 3.8) is 0 Å². The van der Waals surface area contributed by atoms with E-state index in [4.69, 9.17) is 10.00 Å². The number of rotatable bonds is 3. The minimum absolute atomic E-state index is 0.595. The van der Waals surface area contributed by atoms with E-state index in [9.17, 15) is 5.11 Å². The highest BCUT2D eigenvalue weighted by molar-refractivity contribution is 5.48. The van der Waals surface area contributed by atoms with E-state index in [1.807, 2.05) is 13.8 Å². The molecule has 1 atom stereocenters. The Labute approximate surface area is 118 Å². The first-order chi connectivity index (χ1) is 9.51. The molecule has 1 heterocycles. The number of ether oxygens (including phenoxy) is 1. The van der Waals surface area contributed by atoms with Crippen molar-refractivity contribution in [1.82, 2.24) is 4.98 Å². The van der Waals surface area contributed by atoms with Crippen LogP contribution in [0.25, 0.3) is 0 Å². The second-order valence-electron chi connectivity index (χ2n) is 4.75. The molecule has 4 nitrogen and oxygen atoms in total. The van der Waals surface area contributed by atoms with Crippen LogP contribution in [-0.2, 0) is 0 Å². The maximum atomic E-state index is 9.42. The molecular weight excluding hydrogens is 252 g/mol. The molecule has 0 bridgehead atoms. The zero-order valence-electron chi connectivity index (χ0n) is 11.7. The standard InChI is InChI=1S/C16H16N2O2/c1-10-6-13(8-17)7-11(2)16(10)20-14-4-5-15(12(3)19)18-9-14/h4-7,9,12,19H,1-3H3. The van der Waals surface area contributed by atoms with Gasteiger partial charge in [-0.3, -0.25) is 4.98 Å². The number of aliphatic hydroxyl groups excluding tert-OH is 1. The Morgan fingerprint density at radius 1 is 1.25 bits per heavy atom. The summed E-state index contributed by atoms with van der Waals surface area (Å²) < 4.78 is 5.82. The molecule has 1 unspecified atom stereocenters. The molecule has 0 aliphatic heterocycles. The zero-order valence-corrected chi connectivity index (χ0v) is 11.7. The summed E-state index contributed by atoms with van der Waals surface area (Å²) in [5.74, 6) is 1.33. The lowest BCUT2D eigenvalue weighted by atomic mass is 10.1. The quantitative estimate of drug-likeness (QED) is 0.926. The molecule has 0 spiro atoms. The molecule has 2 aromatic rings. The molecular formula is C16H16N2O2. The summed E-state index contributed by atoms with van der Waals surface area (Å²) in [5, 5.41) is 18.3. The second-order valence-corrected chi connectivity index (χ2v) is 4.75. The SMILES string of the molecule is Cc1cc(C#N)cc(C)c1Oc1ccc(C(C)O)nc1. The Bertz CT molecular complexity index is 632. The van der Waals surface area contributed by atoms with Crippen LogP contribution in [0.4, 0.5) is 0 Å².